The average molecular weight is 325 g/mol. The highest BCUT2D eigenvalue weighted by atomic mass is 35.5. The van der Waals surface area contributed by atoms with Crippen LogP contribution < -0.4 is 5.32 Å². The Labute approximate surface area is 134 Å². The number of nitrogens with one attached hydrogen (secondary N) is 2. The number of aromatic nitrogens is 1. The third-order valence-electron chi connectivity index (χ3n) is 4.87. The number of carbonyl (C=O) groups is 2. The van der Waals surface area contributed by atoms with Crippen molar-refractivity contribution in [2.75, 3.05) is 33.2 Å². The molecule has 0 atom stereocenters. The predicted molar refractivity (Wildman–Crippen MR) is 83.9 cm³/mol. The molecule has 0 radical (unpaired) electrons. The van der Waals surface area contributed by atoms with Gasteiger partial charge in [-0.25, -0.2) is 0 Å². The first-order valence-corrected chi connectivity index (χ1v) is 8.03. The number of H-pyrrole nitrogens is 1. The molecule has 2 fully saturated rings. The van der Waals surface area contributed by atoms with Crippen molar-refractivity contribution in [3.8, 4) is 0 Å². The molecular weight excluding hydrogens is 304 g/mol. The second-order valence-electron chi connectivity index (χ2n) is 6.09. The Morgan fingerprint density at radius 1 is 1.32 bits per heavy atom. The number of likely N-dealkylation sites (N-methyl/N-ethyl adjacent to an activating group) is 1. The fourth-order valence-electron chi connectivity index (χ4n) is 3.42. The van der Waals surface area contributed by atoms with E-state index in [2.05, 4.69) is 15.2 Å². The summed E-state index contributed by atoms with van der Waals surface area (Å²) in [6.07, 6.45) is 3.89. The van der Waals surface area contributed by atoms with Crippen LogP contribution in [0.5, 0.6) is 0 Å². The maximum Gasteiger partial charge on any atom is 0.270 e. The molecule has 2 aliphatic heterocycles. The van der Waals surface area contributed by atoms with E-state index in [1.165, 1.54) is 0 Å². The number of piperidine rings is 1. The Balaban J connectivity index is 1.71. The van der Waals surface area contributed by atoms with Crippen molar-refractivity contribution < 1.29 is 9.59 Å². The molecule has 2 N–H and O–H groups in total. The van der Waals surface area contributed by atoms with Gasteiger partial charge in [0, 0.05) is 32.4 Å². The first-order valence-electron chi connectivity index (χ1n) is 7.66. The second-order valence-corrected chi connectivity index (χ2v) is 6.52. The Bertz CT molecular complexity index is 578. The second kappa shape index (κ2) is 5.93. The highest BCUT2D eigenvalue weighted by Crippen LogP contribution is 2.30. The number of rotatable bonds is 1. The minimum atomic E-state index is -0.472. The molecule has 3 rings (SSSR count). The number of likely N-dealkylation sites (tertiary alicyclic amines) is 1. The van der Waals surface area contributed by atoms with Crippen molar-refractivity contribution in [3.63, 3.8) is 0 Å². The largest absolute Gasteiger partial charge is 0.356 e. The van der Waals surface area contributed by atoms with Gasteiger partial charge < -0.3 is 15.2 Å². The molecule has 2 saturated heterocycles. The van der Waals surface area contributed by atoms with Crippen LogP contribution in [-0.4, -0.2) is 65.4 Å². The highest BCUT2D eigenvalue weighted by Gasteiger charge is 2.46. The van der Waals surface area contributed by atoms with E-state index in [0.717, 1.165) is 19.5 Å². The summed E-state index contributed by atoms with van der Waals surface area (Å²) >= 11 is 5.85. The zero-order valence-electron chi connectivity index (χ0n) is 12.7. The van der Waals surface area contributed by atoms with Crippen LogP contribution >= 0.6 is 11.6 Å². The van der Waals surface area contributed by atoms with Crippen LogP contribution in [0.25, 0.3) is 0 Å². The molecular formula is C15H21ClN4O2. The van der Waals surface area contributed by atoms with Gasteiger partial charge in [0.1, 0.15) is 11.2 Å². The van der Waals surface area contributed by atoms with Crippen molar-refractivity contribution >= 4 is 23.4 Å². The van der Waals surface area contributed by atoms with E-state index < -0.39 is 5.54 Å². The van der Waals surface area contributed by atoms with Crippen LogP contribution in [0.2, 0.25) is 5.02 Å². The standard InChI is InChI=1S/C15H21ClN4O2/c1-19-6-2-5-17-14(22)15(19)3-7-20(8-4-15)13(21)12-9-11(16)10-18-12/h9-10,18H,2-8H2,1H3,(H,17,22). The summed E-state index contributed by atoms with van der Waals surface area (Å²) in [5.74, 6) is 0.0425. The van der Waals surface area contributed by atoms with E-state index in [0.29, 0.717) is 36.6 Å². The number of carbonyl (C=O) groups excluding carboxylic acids is 2. The summed E-state index contributed by atoms with van der Waals surface area (Å²) < 4.78 is 0. The monoisotopic (exact) mass is 324 g/mol. The molecule has 0 aromatic carbocycles. The quantitative estimate of drug-likeness (QED) is 0.812. The topological polar surface area (TPSA) is 68.4 Å². The first kappa shape index (κ1) is 15.4. The van der Waals surface area contributed by atoms with Gasteiger partial charge in [0.05, 0.1) is 5.02 Å². The first-order chi connectivity index (χ1) is 10.5. The van der Waals surface area contributed by atoms with Gasteiger partial charge in [-0.1, -0.05) is 11.6 Å². The Kier molecular flexibility index (Phi) is 4.14. The fourth-order valence-corrected chi connectivity index (χ4v) is 3.58. The van der Waals surface area contributed by atoms with Gasteiger partial charge in [-0.2, -0.15) is 0 Å². The van der Waals surface area contributed by atoms with Gasteiger partial charge in [0.2, 0.25) is 5.91 Å². The van der Waals surface area contributed by atoms with Crippen molar-refractivity contribution in [2.45, 2.75) is 24.8 Å². The van der Waals surface area contributed by atoms with Gasteiger partial charge in [-0.15, -0.1) is 0 Å². The molecule has 1 aromatic heterocycles. The number of nitrogens with zero attached hydrogens (tertiary/aromatic N) is 2. The molecule has 6 nitrogen and oxygen atoms in total. The highest BCUT2D eigenvalue weighted by molar-refractivity contribution is 6.30. The van der Waals surface area contributed by atoms with E-state index in [-0.39, 0.29) is 11.8 Å². The van der Waals surface area contributed by atoms with E-state index in [4.69, 9.17) is 11.6 Å². The summed E-state index contributed by atoms with van der Waals surface area (Å²) in [4.78, 5) is 31.7. The summed E-state index contributed by atoms with van der Waals surface area (Å²) in [6.45, 7) is 2.79. The number of aromatic amines is 1. The zero-order chi connectivity index (χ0) is 15.7. The number of hydrogen-bond donors (Lipinski definition) is 2. The third-order valence-corrected chi connectivity index (χ3v) is 5.08. The third kappa shape index (κ3) is 2.61. The van der Waals surface area contributed by atoms with Crippen molar-refractivity contribution in [1.82, 2.24) is 20.1 Å². The fraction of sp³-hybridized carbons (Fsp3) is 0.600. The molecule has 22 heavy (non-hydrogen) atoms. The normalized spacial score (nSPS) is 22.5. The molecule has 2 amide bonds. The lowest BCUT2D eigenvalue weighted by molar-refractivity contribution is -0.134. The zero-order valence-corrected chi connectivity index (χ0v) is 13.4. The summed E-state index contributed by atoms with van der Waals surface area (Å²) in [5.41, 5.74) is 0.0281. The number of halogens is 1. The van der Waals surface area contributed by atoms with E-state index >= 15 is 0 Å². The van der Waals surface area contributed by atoms with Gasteiger partial charge >= 0.3 is 0 Å². The average Bonchev–Trinajstić information content (AvgIpc) is 2.91. The maximum atomic E-state index is 12.5. The molecule has 1 aromatic rings. The molecule has 1 spiro atoms. The predicted octanol–water partition coefficient (Wildman–Crippen LogP) is 1.09. The van der Waals surface area contributed by atoms with Gasteiger partial charge in [-0.05, 0) is 32.4 Å². The maximum absolute atomic E-state index is 12.5. The van der Waals surface area contributed by atoms with Crippen molar-refractivity contribution in [1.29, 1.82) is 0 Å². The van der Waals surface area contributed by atoms with Crippen LogP contribution in [0.1, 0.15) is 29.8 Å². The summed E-state index contributed by atoms with van der Waals surface area (Å²) in [5, 5.41) is 3.53. The lowest BCUT2D eigenvalue weighted by Gasteiger charge is -2.44. The van der Waals surface area contributed by atoms with Gasteiger partial charge in [0.25, 0.3) is 5.91 Å². The molecule has 3 heterocycles. The summed E-state index contributed by atoms with van der Waals surface area (Å²) in [6, 6.07) is 1.64. The minimum absolute atomic E-state index is 0.0570. The molecule has 0 unspecified atom stereocenters. The molecule has 120 valence electrons. The SMILES string of the molecule is CN1CCCNC(=O)C12CCN(C(=O)c1cc(Cl)c[nH]1)CC2. The number of amides is 2. The van der Waals surface area contributed by atoms with E-state index in [1.54, 1.807) is 17.2 Å². The van der Waals surface area contributed by atoms with Crippen LogP contribution in [0, 0.1) is 0 Å². The lowest BCUT2D eigenvalue weighted by atomic mass is 9.85. The molecule has 2 aliphatic rings. The van der Waals surface area contributed by atoms with Crippen molar-refractivity contribution in [2.24, 2.45) is 0 Å². The minimum Gasteiger partial charge on any atom is -0.356 e. The lowest BCUT2D eigenvalue weighted by Crippen LogP contribution is -2.61. The van der Waals surface area contributed by atoms with Gasteiger partial charge in [0.15, 0.2) is 0 Å². The Morgan fingerprint density at radius 3 is 2.68 bits per heavy atom. The van der Waals surface area contributed by atoms with E-state index in [9.17, 15) is 9.59 Å². The van der Waals surface area contributed by atoms with Gasteiger partial charge in [-0.3, -0.25) is 14.5 Å². The van der Waals surface area contributed by atoms with Crippen LogP contribution in [0.4, 0.5) is 0 Å². The van der Waals surface area contributed by atoms with Crippen LogP contribution in [0.15, 0.2) is 12.3 Å². The molecule has 7 heteroatoms. The van der Waals surface area contributed by atoms with Crippen LogP contribution in [0.3, 0.4) is 0 Å². The van der Waals surface area contributed by atoms with E-state index in [1.807, 2.05) is 7.05 Å². The Morgan fingerprint density at radius 2 is 2.05 bits per heavy atom. The molecule has 0 saturated carbocycles. The van der Waals surface area contributed by atoms with Crippen molar-refractivity contribution in [3.05, 3.63) is 23.0 Å². The molecule has 0 bridgehead atoms. The number of hydrogen-bond acceptors (Lipinski definition) is 3. The smallest absolute Gasteiger partial charge is 0.270 e. The molecule has 0 aliphatic carbocycles. The van der Waals surface area contributed by atoms with Crippen LogP contribution in [-0.2, 0) is 4.79 Å². The summed E-state index contributed by atoms with van der Waals surface area (Å²) in [7, 11) is 2.01. The Hall–Kier alpha value is -1.53.